The normalized spacial score (nSPS) is 13.7. The van der Waals surface area contributed by atoms with Gasteiger partial charge < -0.3 is 9.64 Å². The van der Waals surface area contributed by atoms with Gasteiger partial charge in [0.05, 0.1) is 19.2 Å². The minimum Gasteiger partial charge on any atom is -0.496 e. The van der Waals surface area contributed by atoms with E-state index in [-0.39, 0.29) is 23.4 Å². The lowest BCUT2D eigenvalue weighted by Crippen LogP contribution is -2.34. The molecule has 0 bridgehead atoms. The summed E-state index contributed by atoms with van der Waals surface area (Å²) in [6.45, 7) is 0.285. The molecule has 3 aromatic carbocycles. The third kappa shape index (κ3) is 3.99. The van der Waals surface area contributed by atoms with Crippen LogP contribution in [0.15, 0.2) is 84.6 Å². The van der Waals surface area contributed by atoms with E-state index in [1.54, 1.807) is 54.4 Å². The van der Waals surface area contributed by atoms with Crippen molar-refractivity contribution in [2.24, 2.45) is 0 Å². The second kappa shape index (κ2) is 9.06. The van der Waals surface area contributed by atoms with E-state index in [4.69, 9.17) is 4.74 Å². The van der Waals surface area contributed by atoms with E-state index in [2.05, 4.69) is 0 Å². The Morgan fingerprint density at radius 2 is 1.53 bits per heavy atom. The summed E-state index contributed by atoms with van der Waals surface area (Å²) in [5.74, 6) is -0.907. The van der Waals surface area contributed by atoms with Gasteiger partial charge in [0, 0.05) is 24.7 Å². The molecule has 0 saturated carbocycles. The first-order valence-corrected chi connectivity index (χ1v) is 10.2. The molecule has 0 fully saturated rings. The van der Waals surface area contributed by atoms with Gasteiger partial charge >= 0.3 is 0 Å². The Labute approximate surface area is 186 Å². The van der Waals surface area contributed by atoms with Crippen LogP contribution in [0.25, 0.3) is 5.57 Å². The maximum Gasteiger partial charge on any atom is 0.278 e. The van der Waals surface area contributed by atoms with E-state index < -0.39 is 17.6 Å². The molecule has 5 nitrogen and oxygen atoms in total. The Hall–Kier alpha value is -3.93. The summed E-state index contributed by atoms with van der Waals surface area (Å²) in [5, 5.41) is 0. The number of ether oxygens (including phenoxy) is 1. The molecule has 0 radical (unpaired) electrons. The van der Waals surface area contributed by atoms with Gasteiger partial charge in [-0.15, -0.1) is 0 Å². The molecule has 1 heterocycles. The summed E-state index contributed by atoms with van der Waals surface area (Å²) >= 11 is 0. The van der Waals surface area contributed by atoms with Crippen molar-refractivity contribution in [3.05, 3.63) is 107 Å². The van der Waals surface area contributed by atoms with E-state index in [9.17, 15) is 14.0 Å². The minimum absolute atomic E-state index is 0.147. The number of likely N-dealkylation sites (N-methyl/N-ethyl adjacent to an activating group) is 1. The number of carbonyl (C=O) groups is 2. The van der Waals surface area contributed by atoms with Crippen molar-refractivity contribution in [1.29, 1.82) is 0 Å². The SMILES string of the molecule is COc1ccccc1C1=C(N(C)Cc2ccccc2)C(=O)N(Cc2ccccc2F)C1=O. The molecule has 0 aromatic heterocycles. The first kappa shape index (κ1) is 21.3. The lowest BCUT2D eigenvalue weighted by atomic mass is 10.0. The zero-order valence-corrected chi connectivity index (χ0v) is 17.9. The van der Waals surface area contributed by atoms with E-state index >= 15 is 0 Å². The zero-order chi connectivity index (χ0) is 22.7. The predicted octanol–water partition coefficient (Wildman–Crippen LogP) is 4.25. The number of methoxy groups -OCH3 is 1. The van der Waals surface area contributed by atoms with Crippen molar-refractivity contribution < 1.29 is 18.7 Å². The van der Waals surface area contributed by atoms with Gasteiger partial charge in [0.1, 0.15) is 17.3 Å². The van der Waals surface area contributed by atoms with Crippen LogP contribution >= 0.6 is 0 Å². The number of amides is 2. The lowest BCUT2D eigenvalue weighted by Gasteiger charge is -2.22. The Bertz CT molecular complexity index is 1190. The summed E-state index contributed by atoms with van der Waals surface area (Å²) < 4.78 is 19.8. The first-order chi connectivity index (χ1) is 15.5. The van der Waals surface area contributed by atoms with Gasteiger partial charge in [-0.1, -0.05) is 66.7 Å². The van der Waals surface area contributed by atoms with Gasteiger partial charge in [0.15, 0.2) is 0 Å². The fraction of sp³-hybridized carbons (Fsp3) is 0.154. The third-order valence-electron chi connectivity index (χ3n) is 5.45. The van der Waals surface area contributed by atoms with Crippen molar-refractivity contribution >= 4 is 17.4 Å². The summed E-state index contributed by atoms with van der Waals surface area (Å²) in [4.78, 5) is 29.9. The smallest absolute Gasteiger partial charge is 0.278 e. The zero-order valence-electron chi connectivity index (χ0n) is 17.9. The number of carbonyl (C=O) groups excluding carboxylic acids is 2. The lowest BCUT2D eigenvalue weighted by molar-refractivity contribution is -0.138. The van der Waals surface area contributed by atoms with Crippen LogP contribution in [0.1, 0.15) is 16.7 Å². The summed E-state index contributed by atoms with van der Waals surface area (Å²) in [6, 6.07) is 22.9. The molecule has 3 aromatic rings. The average Bonchev–Trinajstić information content (AvgIpc) is 3.05. The highest BCUT2D eigenvalue weighted by atomic mass is 19.1. The fourth-order valence-corrected chi connectivity index (χ4v) is 3.89. The largest absolute Gasteiger partial charge is 0.496 e. The van der Waals surface area contributed by atoms with Gasteiger partial charge in [-0.05, 0) is 17.7 Å². The Kier molecular flexibility index (Phi) is 6.03. The van der Waals surface area contributed by atoms with Gasteiger partial charge in [0.2, 0.25) is 0 Å². The predicted molar refractivity (Wildman–Crippen MR) is 120 cm³/mol. The highest BCUT2D eigenvalue weighted by molar-refractivity contribution is 6.35. The first-order valence-electron chi connectivity index (χ1n) is 10.2. The Morgan fingerprint density at radius 1 is 0.875 bits per heavy atom. The van der Waals surface area contributed by atoms with E-state index in [1.165, 1.54) is 13.2 Å². The maximum absolute atomic E-state index is 14.3. The van der Waals surface area contributed by atoms with Gasteiger partial charge in [-0.25, -0.2) is 4.39 Å². The quantitative estimate of drug-likeness (QED) is 0.526. The van der Waals surface area contributed by atoms with Crippen molar-refractivity contribution in [2.75, 3.05) is 14.2 Å². The van der Waals surface area contributed by atoms with E-state index in [0.717, 1.165) is 10.5 Å². The number of halogens is 1. The Morgan fingerprint density at radius 3 is 2.25 bits per heavy atom. The summed E-state index contributed by atoms with van der Waals surface area (Å²) in [5.41, 5.74) is 2.32. The second-order valence-electron chi connectivity index (χ2n) is 7.55. The number of hydrogen-bond acceptors (Lipinski definition) is 4. The molecule has 0 atom stereocenters. The second-order valence-corrected chi connectivity index (χ2v) is 7.55. The molecule has 6 heteroatoms. The molecule has 0 aliphatic carbocycles. The minimum atomic E-state index is -0.474. The van der Waals surface area contributed by atoms with Crippen LogP contribution in [0, 0.1) is 5.82 Å². The molecular weight excluding hydrogens is 407 g/mol. The van der Waals surface area contributed by atoms with Gasteiger partial charge in [-0.3, -0.25) is 14.5 Å². The fourth-order valence-electron chi connectivity index (χ4n) is 3.89. The van der Waals surface area contributed by atoms with Crippen molar-refractivity contribution in [3.8, 4) is 5.75 Å². The molecule has 0 spiro atoms. The monoisotopic (exact) mass is 430 g/mol. The number of benzene rings is 3. The number of nitrogens with zero attached hydrogens (tertiary/aromatic N) is 2. The van der Waals surface area contributed by atoms with Crippen LogP contribution in [0.2, 0.25) is 0 Å². The number of para-hydroxylation sites is 1. The molecule has 162 valence electrons. The van der Waals surface area contributed by atoms with Crippen LogP contribution in [-0.4, -0.2) is 35.8 Å². The van der Waals surface area contributed by atoms with Crippen molar-refractivity contribution in [2.45, 2.75) is 13.1 Å². The highest BCUT2D eigenvalue weighted by Crippen LogP contribution is 2.37. The Balaban J connectivity index is 1.78. The van der Waals surface area contributed by atoms with Crippen molar-refractivity contribution in [3.63, 3.8) is 0 Å². The summed E-state index contributed by atoms with van der Waals surface area (Å²) in [6.07, 6.45) is 0. The van der Waals surface area contributed by atoms with E-state index in [0.29, 0.717) is 17.9 Å². The van der Waals surface area contributed by atoms with Crippen LogP contribution < -0.4 is 4.74 Å². The maximum atomic E-state index is 14.3. The van der Waals surface area contributed by atoms with Gasteiger partial charge in [-0.2, -0.15) is 0 Å². The molecule has 4 rings (SSSR count). The molecule has 0 N–H and O–H groups in total. The molecule has 0 unspecified atom stereocenters. The average molecular weight is 430 g/mol. The van der Waals surface area contributed by atoms with E-state index in [1.807, 2.05) is 30.3 Å². The molecule has 32 heavy (non-hydrogen) atoms. The molecule has 1 aliphatic heterocycles. The highest BCUT2D eigenvalue weighted by Gasteiger charge is 2.41. The molecule has 0 saturated heterocycles. The third-order valence-corrected chi connectivity index (χ3v) is 5.45. The molecule has 2 amide bonds. The molecular formula is C26H23FN2O3. The van der Waals surface area contributed by atoms with Crippen LogP contribution in [0.3, 0.4) is 0 Å². The van der Waals surface area contributed by atoms with Crippen LogP contribution in [0.5, 0.6) is 5.75 Å². The topological polar surface area (TPSA) is 49.9 Å². The summed E-state index contributed by atoms with van der Waals surface area (Å²) in [7, 11) is 3.29. The number of rotatable bonds is 7. The standard InChI is InChI=1S/C26H23FN2O3/c1-28(16-18-10-4-3-5-11-18)24-23(20-13-7-9-15-22(20)32-2)25(30)29(26(24)31)17-19-12-6-8-14-21(19)27/h3-15H,16-17H2,1-2H3. The van der Waals surface area contributed by atoms with Crippen molar-refractivity contribution in [1.82, 2.24) is 9.80 Å². The number of hydrogen-bond donors (Lipinski definition) is 0. The van der Waals surface area contributed by atoms with Crippen LogP contribution in [-0.2, 0) is 22.7 Å². The van der Waals surface area contributed by atoms with Crippen LogP contribution in [0.4, 0.5) is 4.39 Å². The number of imide groups is 1. The molecule has 1 aliphatic rings. The van der Waals surface area contributed by atoms with Gasteiger partial charge in [0.25, 0.3) is 11.8 Å².